The molecule has 8 heteroatoms. The Bertz CT molecular complexity index is 672. The van der Waals surface area contributed by atoms with Crippen molar-refractivity contribution in [2.45, 2.75) is 0 Å². The van der Waals surface area contributed by atoms with Crippen molar-refractivity contribution >= 4 is 35.2 Å². The third kappa shape index (κ3) is 2.29. The number of aromatic hydroxyl groups is 3. The minimum Gasteiger partial charge on any atom is -0.504 e. The minimum absolute atomic E-state index is 0.0246. The van der Waals surface area contributed by atoms with Crippen LogP contribution in [0.1, 0.15) is 5.56 Å². The molecule has 1 aliphatic rings. The van der Waals surface area contributed by atoms with Crippen molar-refractivity contribution in [1.82, 2.24) is 9.80 Å². The molecular formula is C13H12N2O5S. The van der Waals surface area contributed by atoms with Gasteiger partial charge in [-0.1, -0.05) is 0 Å². The van der Waals surface area contributed by atoms with E-state index in [-0.39, 0.29) is 16.2 Å². The van der Waals surface area contributed by atoms with Gasteiger partial charge >= 0.3 is 0 Å². The molecule has 21 heavy (non-hydrogen) atoms. The van der Waals surface area contributed by atoms with E-state index in [0.717, 1.165) is 21.9 Å². The fraction of sp³-hybridized carbons (Fsp3) is 0.154. The van der Waals surface area contributed by atoms with Gasteiger partial charge in [0.05, 0.1) is 0 Å². The van der Waals surface area contributed by atoms with Crippen LogP contribution in [0.2, 0.25) is 0 Å². The Kier molecular flexibility index (Phi) is 3.56. The van der Waals surface area contributed by atoms with Gasteiger partial charge in [0, 0.05) is 19.7 Å². The van der Waals surface area contributed by atoms with Crippen LogP contribution in [0.25, 0.3) is 6.08 Å². The Morgan fingerprint density at radius 3 is 2.05 bits per heavy atom. The van der Waals surface area contributed by atoms with Gasteiger partial charge in [-0.2, -0.15) is 0 Å². The molecule has 2 amide bonds. The smallest absolute Gasteiger partial charge is 0.265 e. The second kappa shape index (κ2) is 5.06. The molecule has 1 aromatic rings. The second-order valence-corrected chi connectivity index (χ2v) is 4.81. The number of phenolic OH excluding ortho intramolecular Hbond substituents is 3. The first kappa shape index (κ1) is 14.8. The highest BCUT2D eigenvalue weighted by molar-refractivity contribution is 7.80. The summed E-state index contributed by atoms with van der Waals surface area (Å²) in [5.41, 5.74) is -0.189. The lowest BCUT2D eigenvalue weighted by Crippen LogP contribution is -2.52. The van der Waals surface area contributed by atoms with Crippen molar-refractivity contribution in [2.24, 2.45) is 0 Å². The number of carbonyl (C=O) groups excluding carboxylic acids is 2. The van der Waals surface area contributed by atoms with E-state index in [9.17, 15) is 24.9 Å². The summed E-state index contributed by atoms with van der Waals surface area (Å²) in [5.74, 6) is -3.09. The van der Waals surface area contributed by atoms with E-state index in [4.69, 9.17) is 12.2 Å². The summed E-state index contributed by atoms with van der Waals surface area (Å²) in [6, 6.07) is 2.40. The molecule has 3 N–H and O–H groups in total. The third-order valence-corrected chi connectivity index (χ3v) is 3.65. The van der Waals surface area contributed by atoms with Gasteiger partial charge < -0.3 is 15.3 Å². The number of carbonyl (C=O) groups is 2. The minimum atomic E-state index is -0.725. The van der Waals surface area contributed by atoms with Gasteiger partial charge in [-0.05, 0) is 30.4 Å². The maximum Gasteiger partial charge on any atom is 0.265 e. The summed E-state index contributed by atoms with van der Waals surface area (Å²) in [6.07, 6.45) is 1.13. The Labute approximate surface area is 125 Å². The summed E-state index contributed by atoms with van der Waals surface area (Å²) < 4.78 is 0. The van der Waals surface area contributed by atoms with Crippen LogP contribution in [0.3, 0.4) is 0 Å². The van der Waals surface area contributed by atoms with Gasteiger partial charge in [0.1, 0.15) is 5.57 Å². The van der Waals surface area contributed by atoms with Crippen molar-refractivity contribution in [3.8, 4) is 17.2 Å². The first-order valence-electron chi connectivity index (χ1n) is 5.81. The number of thiocarbonyl (C=S) groups is 1. The van der Waals surface area contributed by atoms with Crippen molar-refractivity contribution in [3.63, 3.8) is 0 Å². The highest BCUT2D eigenvalue weighted by Crippen LogP contribution is 2.38. The molecule has 0 atom stereocenters. The van der Waals surface area contributed by atoms with Gasteiger partial charge in [0.2, 0.25) is 5.75 Å². The SMILES string of the molecule is CN1C(=O)C(=Cc2ccc(O)c(O)c2O)C(=O)N(C)C1=S. The van der Waals surface area contributed by atoms with E-state index >= 15 is 0 Å². The van der Waals surface area contributed by atoms with Gasteiger partial charge in [0.15, 0.2) is 16.6 Å². The number of likely N-dealkylation sites (N-methyl/N-ethyl adjacent to an activating group) is 2. The molecule has 1 aliphatic heterocycles. The largest absolute Gasteiger partial charge is 0.504 e. The van der Waals surface area contributed by atoms with Crippen LogP contribution in [0.4, 0.5) is 0 Å². The van der Waals surface area contributed by atoms with Gasteiger partial charge in [-0.3, -0.25) is 19.4 Å². The Balaban J connectivity index is 2.54. The molecule has 2 rings (SSSR count). The van der Waals surface area contributed by atoms with E-state index in [1.807, 2.05) is 0 Å². The number of hydrogen-bond acceptors (Lipinski definition) is 6. The van der Waals surface area contributed by atoms with Crippen LogP contribution in [-0.2, 0) is 9.59 Å². The molecule has 0 aliphatic carbocycles. The average molecular weight is 308 g/mol. The number of benzene rings is 1. The van der Waals surface area contributed by atoms with E-state index in [2.05, 4.69) is 0 Å². The first-order chi connectivity index (χ1) is 9.75. The molecule has 1 aromatic carbocycles. The summed E-state index contributed by atoms with van der Waals surface area (Å²) in [7, 11) is 2.85. The molecule has 1 heterocycles. The monoisotopic (exact) mass is 308 g/mol. The Morgan fingerprint density at radius 2 is 1.52 bits per heavy atom. The Hall–Kier alpha value is -2.61. The summed E-state index contributed by atoms with van der Waals surface area (Å²) in [5, 5.41) is 28.5. The van der Waals surface area contributed by atoms with Crippen molar-refractivity contribution < 1.29 is 24.9 Å². The average Bonchev–Trinajstić information content (AvgIpc) is 2.47. The molecular weight excluding hydrogens is 296 g/mol. The zero-order valence-corrected chi connectivity index (χ0v) is 12.0. The van der Waals surface area contributed by atoms with Gasteiger partial charge in [-0.15, -0.1) is 0 Å². The van der Waals surface area contributed by atoms with Crippen LogP contribution in [0.5, 0.6) is 17.2 Å². The molecule has 7 nitrogen and oxygen atoms in total. The normalized spacial score (nSPS) is 15.7. The first-order valence-corrected chi connectivity index (χ1v) is 6.22. The predicted molar refractivity (Wildman–Crippen MR) is 77.6 cm³/mol. The van der Waals surface area contributed by atoms with Crippen LogP contribution in [-0.4, -0.2) is 56.1 Å². The predicted octanol–water partition coefficient (Wildman–Crippen LogP) is 0.402. The topological polar surface area (TPSA) is 101 Å². The molecule has 0 bridgehead atoms. The lowest BCUT2D eigenvalue weighted by atomic mass is 10.1. The van der Waals surface area contributed by atoms with Crippen molar-refractivity contribution in [2.75, 3.05) is 14.1 Å². The summed E-state index contributed by atoms with van der Waals surface area (Å²) >= 11 is 4.95. The van der Waals surface area contributed by atoms with Crippen LogP contribution in [0, 0.1) is 0 Å². The van der Waals surface area contributed by atoms with Crippen LogP contribution in [0.15, 0.2) is 17.7 Å². The maximum absolute atomic E-state index is 12.1. The quantitative estimate of drug-likeness (QED) is 0.300. The second-order valence-electron chi connectivity index (χ2n) is 4.44. The number of phenols is 3. The highest BCUT2D eigenvalue weighted by Gasteiger charge is 2.35. The molecule has 0 radical (unpaired) electrons. The molecule has 0 unspecified atom stereocenters. The third-order valence-electron chi connectivity index (χ3n) is 3.10. The number of rotatable bonds is 1. The van der Waals surface area contributed by atoms with E-state index in [0.29, 0.717) is 0 Å². The van der Waals surface area contributed by atoms with Crippen LogP contribution >= 0.6 is 12.2 Å². The lowest BCUT2D eigenvalue weighted by Gasteiger charge is -2.31. The van der Waals surface area contributed by atoms with Gasteiger partial charge in [-0.25, -0.2) is 0 Å². The standard InChI is InChI=1S/C13H12N2O5S/c1-14-11(19)7(12(20)15(2)13(14)21)5-6-3-4-8(16)10(18)9(6)17/h3-5,16-18H,1-2H3. The van der Waals surface area contributed by atoms with Crippen LogP contribution < -0.4 is 0 Å². The Morgan fingerprint density at radius 1 is 1.00 bits per heavy atom. The molecule has 0 saturated carbocycles. The molecule has 110 valence electrons. The fourth-order valence-electron chi connectivity index (χ4n) is 1.83. The van der Waals surface area contributed by atoms with Crippen molar-refractivity contribution in [3.05, 3.63) is 23.3 Å². The van der Waals surface area contributed by atoms with Crippen molar-refractivity contribution in [1.29, 1.82) is 0 Å². The number of hydrogen-bond donors (Lipinski definition) is 3. The molecule has 0 aromatic heterocycles. The molecule has 1 fully saturated rings. The molecule has 0 spiro atoms. The fourth-order valence-corrected chi connectivity index (χ4v) is 2.00. The van der Waals surface area contributed by atoms with E-state index < -0.39 is 29.1 Å². The summed E-state index contributed by atoms with van der Waals surface area (Å²) in [6.45, 7) is 0. The zero-order chi connectivity index (χ0) is 15.9. The van der Waals surface area contributed by atoms with E-state index in [1.165, 1.54) is 20.2 Å². The number of amides is 2. The molecule has 1 saturated heterocycles. The highest BCUT2D eigenvalue weighted by atomic mass is 32.1. The maximum atomic E-state index is 12.1. The van der Waals surface area contributed by atoms with Gasteiger partial charge in [0.25, 0.3) is 11.8 Å². The van der Waals surface area contributed by atoms with E-state index in [1.54, 1.807) is 0 Å². The zero-order valence-electron chi connectivity index (χ0n) is 11.2. The summed E-state index contributed by atoms with van der Waals surface area (Å²) in [4.78, 5) is 26.4. The number of nitrogens with zero attached hydrogens (tertiary/aromatic N) is 2. The lowest BCUT2D eigenvalue weighted by molar-refractivity contribution is -0.132.